The average molecular weight is 317 g/mol. The first-order valence-corrected chi connectivity index (χ1v) is 8.84. The fraction of sp³-hybridized carbons (Fsp3) is 0.632. The molecule has 0 saturated heterocycles. The second-order valence-corrected chi connectivity index (χ2v) is 6.48. The van der Waals surface area contributed by atoms with Crippen molar-refractivity contribution in [1.82, 2.24) is 10.6 Å². The van der Waals surface area contributed by atoms with E-state index in [2.05, 4.69) is 46.8 Å². The highest BCUT2D eigenvalue weighted by Crippen LogP contribution is 2.23. The van der Waals surface area contributed by atoms with Crippen molar-refractivity contribution in [1.29, 1.82) is 0 Å². The molecule has 4 heteroatoms. The first kappa shape index (κ1) is 17.8. The van der Waals surface area contributed by atoms with Crippen LogP contribution in [0, 0.1) is 5.92 Å². The quantitative estimate of drug-likeness (QED) is 0.624. The predicted octanol–water partition coefficient (Wildman–Crippen LogP) is 3.47. The number of hydrogen-bond donors (Lipinski definition) is 2. The van der Waals surface area contributed by atoms with E-state index in [1.54, 1.807) is 0 Å². The Morgan fingerprint density at radius 1 is 1.13 bits per heavy atom. The molecule has 4 nitrogen and oxygen atoms in total. The first-order chi connectivity index (χ1) is 11.2. The van der Waals surface area contributed by atoms with Crippen LogP contribution in [0.4, 0.5) is 0 Å². The van der Waals surface area contributed by atoms with Gasteiger partial charge in [-0.1, -0.05) is 31.2 Å². The van der Waals surface area contributed by atoms with Crippen molar-refractivity contribution in [2.24, 2.45) is 10.9 Å². The molecule has 2 N–H and O–H groups in total. The van der Waals surface area contributed by atoms with Gasteiger partial charge in [0.2, 0.25) is 0 Å². The summed E-state index contributed by atoms with van der Waals surface area (Å²) in [5.41, 5.74) is 2.47. The van der Waals surface area contributed by atoms with Crippen LogP contribution >= 0.6 is 0 Å². The third kappa shape index (κ3) is 6.22. The molecule has 0 amide bonds. The van der Waals surface area contributed by atoms with Crippen LogP contribution in [-0.2, 0) is 17.9 Å². The lowest BCUT2D eigenvalue weighted by Crippen LogP contribution is -2.44. The van der Waals surface area contributed by atoms with Crippen LogP contribution < -0.4 is 10.6 Å². The molecule has 2 rings (SSSR count). The van der Waals surface area contributed by atoms with E-state index >= 15 is 0 Å². The maximum absolute atomic E-state index is 5.42. The number of aliphatic imine (C=N–C) groups is 1. The fourth-order valence-corrected chi connectivity index (χ4v) is 2.95. The van der Waals surface area contributed by atoms with E-state index in [0.29, 0.717) is 12.6 Å². The summed E-state index contributed by atoms with van der Waals surface area (Å²) in [6.07, 6.45) is 5.12. The van der Waals surface area contributed by atoms with Gasteiger partial charge in [-0.3, -0.25) is 4.99 Å². The first-order valence-electron chi connectivity index (χ1n) is 8.84. The average Bonchev–Trinajstić information content (AvgIpc) is 2.59. The number of hydrogen-bond acceptors (Lipinski definition) is 2. The molecule has 1 aliphatic rings. The standard InChI is InChI=1S/C19H31N3O/c1-4-23-14-17-9-7-16(8-10-17)13-21-19(20-3)22-18-11-5-15(2)6-12-18/h7-10,15,18H,4-6,11-14H2,1-3H3,(H2,20,21,22). The van der Waals surface area contributed by atoms with E-state index in [1.165, 1.54) is 36.8 Å². The zero-order valence-corrected chi connectivity index (χ0v) is 14.8. The van der Waals surface area contributed by atoms with E-state index in [1.807, 2.05) is 14.0 Å². The minimum absolute atomic E-state index is 0.561. The van der Waals surface area contributed by atoms with E-state index in [-0.39, 0.29) is 0 Å². The van der Waals surface area contributed by atoms with E-state index in [9.17, 15) is 0 Å². The molecule has 0 aromatic heterocycles. The summed E-state index contributed by atoms with van der Waals surface area (Å²) >= 11 is 0. The third-order valence-electron chi connectivity index (χ3n) is 4.54. The topological polar surface area (TPSA) is 45.6 Å². The van der Waals surface area contributed by atoms with Crippen LogP contribution in [0.15, 0.2) is 29.3 Å². The van der Waals surface area contributed by atoms with Gasteiger partial charge in [0.05, 0.1) is 6.61 Å². The molecule has 0 atom stereocenters. The number of guanidine groups is 1. The van der Waals surface area contributed by atoms with Crippen molar-refractivity contribution in [2.45, 2.75) is 58.7 Å². The van der Waals surface area contributed by atoms with Gasteiger partial charge in [0.1, 0.15) is 0 Å². The van der Waals surface area contributed by atoms with Gasteiger partial charge in [-0.25, -0.2) is 0 Å². The number of ether oxygens (including phenoxy) is 1. The Kier molecular flexibility index (Phi) is 7.40. The SMILES string of the molecule is CCOCc1ccc(CNC(=NC)NC2CCC(C)CC2)cc1. The minimum Gasteiger partial charge on any atom is -0.377 e. The Balaban J connectivity index is 1.76. The summed E-state index contributed by atoms with van der Waals surface area (Å²) in [5.74, 6) is 1.78. The molecule has 0 aliphatic heterocycles. The van der Waals surface area contributed by atoms with Crippen molar-refractivity contribution >= 4 is 5.96 Å². The van der Waals surface area contributed by atoms with Crippen LogP contribution in [0.2, 0.25) is 0 Å². The lowest BCUT2D eigenvalue weighted by Gasteiger charge is -2.28. The summed E-state index contributed by atoms with van der Waals surface area (Å²) in [4.78, 5) is 4.35. The molecule has 0 radical (unpaired) electrons. The highest BCUT2D eigenvalue weighted by Gasteiger charge is 2.18. The smallest absolute Gasteiger partial charge is 0.191 e. The zero-order valence-electron chi connectivity index (χ0n) is 14.8. The Hall–Kier alpha value is -1.55. The van der Waals surface area contributed by atoms with Gasteiger partial charge in [-0.2, -0.15) is 0 Å². The van der Waals surface area contributed by atoms with Gasteiger partial charge in [-0.05, 0) is 49.7 Å². The molecular formula is C19H31N3O. The van der Waals surface area contributed by atoms with Gasteiger partial charge >= 0.3 is 0 Å². The van der Waals surface area contributed by atoms with Crippen LogP contribution in [0.1, 0.15) is 50.7 Å². The number of nitrogens with one attached hydrogen (secondary N) is 2. The van der Waals surface area contributed by atoms with Gasteiger partial charge in [0.25, 0.3) is 0 Å². The van der Waals surface area contributed by atoms with Crippen LogP contribution in [-0.4, -0.2) is 25.7 Å². The molecule has 0 bridgehead atoms. The minimum atomic E-state index is 0.561. The van der Waals surface area contributed by atoms with Gasteiger partial charge in [-0.15, -0.1) is 0 Å². The molecule has 1 aromatic rings. The van der Waals surface area contributed by atoms with Gasteiger partial charge < -0.3 is 15.4 Å². The van der Waals surface area contributed by atoms with E-state index < -0.39 is 0 Å². The second-order valence-electron chi connectivity index (χ2n) is 6.48. The Morgan fingerprint density at radius 2 is 1.78 bits per heavy atom. The summed E-state index contributed by atoms with van der Waals surface area (Å²) in [6, 6.07) is 9.12. The molecule has 0 heterocycles. The third-order valence-corrected chi connectivity index (χ3v) is 4.54. The zero-order chi connectivity index (χ0) is 16.5. The monoisotopic (exact) mass is 317 g/mol. The molecule has 0 spiro atoms. The lowest BCUT2D eigenvalue weighted by atomic mass is 9.87. The Bertz CT molecular complexity index is 476. The molecule has 1 aliphatic carbocycles. The summed E-state index contributed by atoms with van der Waals surface area (Å²) in [6.45, 7) is 6.60. The van der Waals surface area contributed by atoms with E-state index in [4.69, 9.17) is 4.74 Å². The van der Waals surface area contributed by atoms with Gasteiger partial charge in [0, 0.05) is 26.2 Å². The second kappa shape index (κ2) is 9.56. The number of rotatable bonds is 6. The van der Waals surface area contributed by atoms with E-state index in [0.717, 1.165) is 25.0 Å². The number of benzene rings is 1. The molecule has 128 valence electrons. The van der Waals surface area contributed by atoms with Crippen molar-refractivity contribution in [3.63, 3.8) is 0 Å². The van der Waals surface area contributed by atoms with Crippen LogP contribution in [0.25, 0.3) is 0 Å². The summed E-state index contributed by atoms with van der Waals surface area (Å²) < 4.78 is 5.42. The maximum atomic E-state index is 5.42. The lowest BCUT2D eigenvalue weighted by molar-refractivity contribution is 0.134. The molecule has 23 heavy (non-hydrogen) atoms. The Labute approximate surface area is 140 Å². The predicted molar refractivity (Wildman–Crippen MR) is 96.5 cm³/mol. The van der Waals surface area contributed by atoms with Crippen LogP contribution in [0.5, 0.6) is 0 Å². The molecule has 0 unspecified atom stereocenters. The molecule has 1 fully saturated rings. The van der Waals surface area contributed by atoms with Crippen molar-refractivity contribution in [3.05, 3.63) is 35.4 Å². The summed E-state index contributed by atoms with van der Waals surface area (Å²) in [7, 11) is 1.84. The number of nitrogens with zero attached hydrogens (tertiary/aromatic N) is 1. The molecule has 1 aromatic carbocycles. The van der Waals surface area contributed by atoms with Crippen molar-refractivity contribution in [3.8, 4) is 0 Å². The highest BCUT2D eigenvalue weighted by atomic mass is 16.5. The normalized spacial score (nSPS) is 22.0. The largest absolute Gasteiger partial charge is 0.377 e. The molecular weight excluding hydrogens is 286 g/mol. The Morgan fingerprint density at radius 3 is 2.39 bits per heavy atom. The van der Waals surface area contributed by atoms with Crippen LogP contribution in [0.3, 0.4) is 0 Å². The summed E-state index contributed by atoms with van der Waals surface area (Å²) in [5, 5.41) is 6.97. The van der Waals surface area contributed by atoms with Crippen molar-refractivity contribution < 1.29 is 4.74 Å². The van der Waals surface area contributed by atoms with Crippen molar-refractivity contribution in [2.75, 3.05) is 13.7 Å². The molecule has 1 saturated carbocycles. The highest BCUT2D eigenvalue weighted by molar-refractivity contribution is 5.79. The van der Waals surface area contributed by atoms with Gasteiger partial charge in [0.15, 0.2) is 5.96 Å². The maximum Gasteiger partial charge on any atom is 0.191 e. The fourth-order valence-electron chi connectivity index (χ4n) is 2.95.